The van der Waals surface area contributed by atoms with Crippen LogP contribution in [-0.2, 0) is 22.4 Å². The Labute approximate surface area is 128 Å². The standard InChI is InChI=1S/C16H18N2O2S/c1-18(2)16(20)10-12-5-7-13(8-6-12)17-15(19)11-14-4-3-9-21-14/h3-9H,10-11H2,1-2H3,(H,17,19). The number of nitrogens with one attached hydrogen (secondary N) is 1. The molecule has 21 heavy (non-hydrogen) atoms. The lowest BCUT2D eigenvalue weighted by atomic mass is 10.1. The summed E-state index contributed by atoms with van der Waals surface area (Å²) in [6.07, 6.45) is 0.759. The van der Waals surface area contributed by atoms with Crippen molar-refractivity contribution >= 4 is 28.8 Å². The summed E-state index contributed by atoms with van der Waals surface area (Å²) < 4.78 is 0. The van der Waals surface area contributed by atoms with Gasteiger partial charge in [-0.3, -0.25) is 9.59 Å². The Kier molecular flexibility index (Phi) is 5.11. The fourth-order valence-corrected chi connectivity index (χ4v) is 2.52. The maximum Gasteiger partial charge on any atom is 0.229 e. The van der Waals surface area contributed by atoms with Gasteiger partial charge < -0.3 is 10.2 Å². The number of amides is 2. The first kappa shape index (κ1) is 15.3. The summed E-state index contributed by atoms with van der Waals surface area (Å²) in [4.78, 5) is 26.1. The molecule has 0 unspecified atom stereocenters. The van der Waals surface area contributed by atoms with Gasteiger partial charge >= 0.3 is 0 Å². The van der Waals surface area contributed by atoms with Crippen molar-refractivity contribution in [1.29, 1.82) is 0 Å². The second-order valence-electron chi connectivity index (χ2n) is 4.97. The molecule has 0 aliphatic carbocycles. The molecule has 0 aliphatic heterocycles. The molecule has 0 aliphatic rings. The molecule has 5 heteroatoms. The number of likely N-dealkylation sites (N-methyl/N-ethyl adjacent to an activating group) is 1. The van der Waals surface area contributed by atoms with E-state index >= 15 is 0 Å². The van der Waals surface area contributed by atoms with Crippen LogP contribution >= 0.6 is 11.3 Å². The molecule has 2 aromatic rings. The first-order chi connectivity index (χ1) is 10.0. The summed E-state index contributed by atoms with van der Waals surface area (Å²) in [6, 6.07) is 11.3. The van der Waals surface area contributed by atoms with Gasteiger partial charge in [-0.15, -0.1) is 11.3 Å². The smallest absolute Gasteiger partial charge is 0.229 e. The van der Waals surface area contributed by atoms with Gasteiger partial charge in [-0.25, -0.2) is 0 Å². The minimum Gasteiger partial charge on any atom is -0.349 e. The van der Waals surface area contributed by atoms with Crippen LogP contribution in [0.25, 0.3) is 0 Å². The Morgan fingerprint density at radius 1 is 1.10 bits per heavy atom. The highest BCUT2D eigenvalue weighted by molar-refractivity contribution is 7.10. The monoisotopic (exact) mass is 302 g/mol. The highest BCUT2D eigenvalue weighted by atomic mass is 32.1. The van der Waals surface area contributed by atoms with Crippen molar-refractivity contribution in [3.05, 3.63) is 52.2 Å². The number of rotatable bonds is 5. The average molecular weight is 302 g/mol. The van der Waals surface area contributed by atoms with Crippen LogP contribution in [0.15, 0.2) is 41.8 Å². The van der Waals surface area contributed by atoms with Gasteiger partial charge in [-0.05, 0) is 29.1 Å². The van der Waals surface area contributed by atoms with Crippen LogP contribution in [0.1, 0.15) is 10.4 Å². The van der Waals surface area contributed by atoms with E-state index in [4.69, 9.17) is 0 Å². The highest BCUT2D eigenvalue weighted by Crippen LogP contribution is 2.13. The molecule has 0 spiro atoms. The topological polar surface area (TPSA) is 49.4 Å². The average Bonchev–Trinajstić information content (AvgIpc) is 2.93. The van der Waals surface area contributed by atoms with Crippen LogP contribution in [0.3, 0.4) is 0 Å². The van der Waals surface area contributed by atoms with Crippen LogP contribution in [0.5, 0.6) is 0 Å². The van der Waals surface area contributed by atoms with Gasteiger partial charge in [0.1, 0.15) is 0 Å². The van der Waals surface area contributed by atoms with E-state index in [0.717, 1.165) is 16.1 Å². The van der Waals surface area contributed by atoms with Crippen LogP contribution in [-0.4, -0.2) is 30.8 Å². The van der Waals surface area contributed by atoms with E-state index in [1.165, 1.54) is 0 Å². The molecule has 1 heterocycles. The zero-order chi connectivity index (χ0) is 15.2. The molecule has 2 rings (SSSR count). The maximum atomic E-state index is 11.9. The van der Waals surface area contributed by atoms with Crippen LogP contribution < -0.4 is 5.32 Å². The van der Waals surface area contributed by atoms with Crippen molar-refractivity contribution in [2.75, 3.05) is 19.4 Å². The van der Waals surface area contributed by atoms with E-state index in [-0.39, 0.29) is 11.8 Å². The van der Waals surface area contributed by atoms with E-state index < -0.39 is 0 Å². The molecule has 1 aromatic heterocycles. The van der Waals surface area contributed by atoms with Crippen LogP contribution in [0, 0.1) is 0 Å². The summed E-state index contributed by atoms with van der Waals surface area (Å²) in [5.74, 6) is 0.0269. The lowest BCUT2D eigenvalue weighted by Gasteiger charge is -2.10. The van der Waals surface area contributed by atoms with Gasteiger partial charge in [-0.1, -0.05) is 18.2 Å². The summed E-state index contributed by atoms with van der Waals surface area (Å²) in [5, 5.41) is 4.81. The number of hydrogen-bond acceptors (Lipinski definition) is 3. The summed E-state index contributed by atoms with van der Waals surface area (Å²) in [7, 11) is 3.48. The molecule has 0 fully saturated rings. The Hall–Kier alpha value is -2.14. The maximum absolute atomic E-state index is 11.9. The first-order valence-electron chi connectivity index (χ1n) is 6.66. The van der Waals surface area contributed by atoms with Crippen LogP contribution in [0.2, 0.25) is 0 Å². The third-order valence-electron chi connectivity index (χ3n) is 3.01. The van der Waals surface area contributed by atoms with Crippen molar-refractivity contribution in [3.63, 3.8) is 0 Å². The first-order valence-corrected chi connectivity index (χ1v) is 7.54. The van der Waals surface area contributed by atoms with Crippen molar-refractivity contribution in [3.8, 4) is 0 Å². The molecular formula is C16H18N2O2S. The lowest BCUT2D eigenvalue weighted by Crippen LogP contribution is -2.23. The third-order valence-corrected chi connectivity index (χ3v) is 3.88. The number of benzene rings is 1. The third kappa shape index (κ3) is 4.72. The second-order valence-corrected chi connectivity index (χ2v) is 6.00. The lowest BCUT2D eigenvalue weighted by molar-refractivity contribution is -0.128. The molecule has 2 amide bonds. The minimum atomic E-state index is -0.0328. The molecule has 0 atom stereocenters. The fraction of sp³-hybridized carbons (Fsp3) is 0.250. The van der Waals surface area contributed by atoms with E-state index in [1.807, 2.05) is 41.8 Å². The predicted molar refractivity (Wildman–Crippen MR) is 85.5 cm³/mol. The number of thiophene rings is 1. The minimum absolute atomic E-state index is 0.0328. The van der Waals surface area contributed by atoms with Gasteiger partial charge in [0.2, 0.25) is 11.8 Å². The van der Waals surface area contributed by atoms with E-state index in [0.29, 0.717) is 12.8 Å². The highest BCUT2D eigenvalue weighted by Gasteiger charge is 2.07. The number of hydrogen-bond donors (Lipinski definition) is 1. The molecule has 0 saturated carbocycles. The Bertz CT molecular complexity index is 604. The zero-order valence-corrected chi connectivity index (χ0v) is 12.9. The van der Waals surface area contributed by atoms with Gasteiger partial charge in [0.15, 0.2) is 0 Å². The molecule has 0 radical (unpaired) electrons. The van der Waals surface area contributed by atoms with Gasteiger partial charge in [-0.2, -0.15) is 0 Å². The molecule has 4 nitrogen and oxygen atoms in total. The van der Waals surface area contributed by atoms with Crippen LogP contribution in [0.4, 0.5) is 5.69 Å². The largest absolute Gasteiger partial charge is 0.349 e. The summed E-state index contributed by atoms with van der Waals surface area (Å²) in [5.41, 5.74) is 1.68. The Morgan fingerprint density at radius 2 is 1.81 bits per heavy atom. The summed E-state index contributed by atoms with van der Waals surface area (Å²) in [6.45, 7) is 0. The number of nitrogens with zero attached hydrogens (tertiary/aromatic N) is 1. The zero-order valence-electron chi connectivity index (χ0n) is 12.1. The van der Waals surface area contributed by atoms with Crippen molar-refractivity contribution in [2.45, 2.75) is 12.8 Å². The van der Waals surface area contributed by atoms with Gasteiger partial charge in [0.25, 0.3) is 0 Å². The van der Waals surface area contributed by atoms with Crippen molar-refractivity contribution in [2.24, 2.45) is 0 Å². The quantitative estimate of drug-likeness (QED) is 0.923. The second kappa shape index (κ2) is 7.04. The predicted octanol–water partition coefficient (Wildman–Crippen LogP) is 2.56. The van der Waals surface area contributed by atoms with E-state index in [1.54, 1.807) is 30.3 Å². The van der Waals surface area contributed by atoms with Gasteiger partial charge in [0.05, 0.1) is 12.8 Å². The van der Waals surface area contributed by atoms with E-state index in [9.17, 15) is 9.59 Å². The summed E-state index contributed by atoms with van der Waals surface area (Å²) >= 11 is 1.57. The number of anilines is 1. The van der Waals surface area contributed by atoms with Crippen molar-refractivity contribution in [1.82, 2.24) is 4.90 Å². The van der Waals surface area contributed by atoms with E-state index in [2.05, 4.69) is 5.32 Å². The molecule has 1 aromatic carbocycles. The van der Waals surface area contributed by atoms with Gasteiger partial charge in [0, 0.05) is 24.7 Å². The Balaban J connectivity index is 1.90. The number of carbonyl (C=O) groups is 2. The molecule has 0 saturated heterocycles. The SMILES string of the molecule is CN(C)C(=O)Cc1ccc(NC(=O)Cc2cccs2)cc1. The normalized spacial score (nSPS) is 10.2. The molecule has 0 bridgehead atoms. The Morgan fingerprint density at radius 3 is 2.38 bits per heavy atom. The number of carbonyl (C=O) groups excluding carboxylic acids is 2. The molecule has 1 N–H and O–H groups in total. The molecular weight excluding hydrogens is 284 g/mol. The van der Waals surface area contributed by atoms with Crippen molar-refractivity contribution < 1.29 is 9.59 Å². The fourth-order valence-electron chi connectivity index (χ4n) is 1.82. The molecule has 110 valence electrons.